The molecule has 0 aliphatic heterocycles. The summed E-state index contributed by atoms with van der Waals surface area (Å²) in [7, 11) is 0. The summed E-state index contributed by atoms with van der Waals surface area (Å²) >= 11 is 0. The van der Waals surface area contributed by atoms with Gasteiger partial charge in [-0.25, -0.2) is 0 Å². The Bertz CT molecular complexity index is 545. The van der Waals surface area contributed by atoms with Crippen molar-refractivity contribution >= 4 is 6.29 Å². The second-order valence-corrected chi connectivity index (χ2v) is 3.07. The SMILES string of the molecule is O=Cc1ccccc1-c1ccccc1.[C-]#[O+].[C-]#[O+].[C-]#[O+].[Cr]. The first-order chi connectivity index (χ1) is 9.92. The average Bonchev–Trinajstić information content (AvgIpc) is 2.61. The zero-order valence-corrected chi connectivity index (χ0v) is 12.1. The van der Waals surface area contributed by atoms with Crippen LogP contribution in [0.4, 0.5) is 0 Å². The predicted molar refractivity (Wildman–Crippen MR) is 69.1 cm³/mol. The van der Waals surface area contributed by atoms with Crippen molar-refractivity contribution in [3.05, 3.63) is 80.1 Å². The van der Waals surface area contributed by atoms with Gasteiger partial charge in [-0.1, -0.05) is 54.6 Å². The Hall–Kier alpha value is -2.14. The summed E-state index contributed by atoms with van der Waals surface area (Å²) in [6, 6.07) is 17.5. The Morgan fingerprint density at radius 1 is 0.714 bits per heavy atom. The summed E-state index contributed by atoms with van der Waals surface area (Å²) in [5.74, 6) is 0. The molecule has 0 saturated heterocycles. The molecule has 0 fully saturated rings. The molecule has 5 heteroatoms. The third kappa shape index (κ3) is 8.60. The van der Waals surface area contributed by atoms with Gasteiger partial charge in [-0.2, -0.15) is 0 Å². The first kappa shape index (κ1) is 23.9. The summed E-state index contributed by atoms with van der Waals surface area (Å²) in [5, 5.41) is 0. The van der Waals surface area contributed by atoms with Crippen molar-refractivity contribution in [1.82, 2.24) is 0 Å². The molecule has 21 heavy (non-hydrogen) atoms. The van der Waals surface area contributed by atoms with Gasteiger partial charge < -0.3 is 0 Å². The van der Waals surface area contributed by atoms with E-state index in [4.69, 9.17) is 14.0 Å². The molecule has 0 N–H and O–H groups in total. The van der Waals surface area contributed by atoms with Crippen LogP contribution in [-0.4, -0.2) is 6.29 Å². The molecule has 2 rings (SSSR count). The molecule has 0 spiro atoms. The van der Waals surface area contributed by atoms with Crippen LogP contribution in [0, 0.1) is 20.0 Å². The van der Waals surface area contributed by atoms with Crippen molar-refractivity contribution in [2.75, 3.05) is 0 Å². The first-order valence-corrected chi connectivity index (χ1v) is 5.12. The predicted octanol–water partition coefficient (Wildman–Crippen LogP) is 3.05. The largest absolute Gasteiger partial charge is 0 e. The minimum absolute atomic E-state index is 0. The zero-order chi connectivity index (χ0) is 15.8. The molecule has 0 radical (unpaired) electrons. The van der Waals surface area contributed by atoms with E-state index in [1.54, 1.807) is 0 Å². The van der Waals surface area contributed by atoms with Crippen LogP contribution >= 0.6 is 0 Å². The molecule has 4 nitrogen and oxygen atoms in total. The van der Waals surface area contributed by atoms with Gasteiger partial charge in [-0.3, -0.25) is 4.79 Å². The molecule has 0 heterocycles. The molecular weight excluding hydrogens is 308 g/mol. The summed E-state index contributed by atoms with van der Waals surface area (Å²) in [4.78, 5) is 10.8. The van der Waals surface area contributed by atoms with E-state index in [1.165, 1.54) is 0 Å². The summed E-state index contributed by atoms with van der Waals surface area (Å²) in [6.07, 6.45) is 0.891. The van der Waals surface area contributed by atoms with E-state index in [1.807, 2.05) is 54.6 Å². The van der Waals surface area contributed by atoms with Crippen LogP contribution in [0.2, 0.25) is 0 Å². The van der Waals surface area contributed by atoms with Crippen LogP contribution < -0.4 is 0 Å². The van der Waals surface area contributed by atoms with E-state index in [0.29, 0.717) is 0 Å². The van der Waals surface area contributed by atoms with Crippen molar-refractivity contribution in [2.24, 2.45) is 0 Å². The quantitative estimate of drug-likeness (QED) is 0.476. The van der Waals surface area contributed by atoms with E-state index in [0.717, 1.165) is 23.0 Å². The number of rotatable bonds is 2. The van der Waals surface area contributed by atoms with Gasteiger partial charge in [-0.15, -0.1) is 0 Å². The third-order valence-corrected chi connectivity index (χ3v) is 2.17. The molecule has 0 aliphatic rings. The molecule has 0 aromatic heterocycles. The Morgan fingerprint density at radius 2 is 1.14 bits per heavy atom. The molecule has 0 atom stereocenters. The maximum absolute atomic E-state index is 10.8. The maximum atomic E-state index is 10.8. The van der Waals surface area contributed by atoms with Crippen molar-refractivity contribution in [1.29, 1.82) is 0 Å². The molecule has 0 unspecified atom stereocenters. The van der Waals surface area contributed by atoms with Crippen molar-refractivity contribution in [2.45, 2.75) is 0 Å². The number of aldehydes is 1. The van der Waals surface area contributed by atoms with Gasteiger partial charge in [0.05, 0.1) is 0 Å². The molecule has 0 bridgehead atoms. The van der Waals surface area contributed by atoms with Crippen molar-refractivity contribution in [3.8, 4) is 11.1 Å². The number of hydrogen-bond acceptors (Lipinski definition) is 1. The Balaban J connectivity index is -0.000000414. The van der Waals surface area contributed by atoms with Crippen molar-refractivity contribution < 1.29 is 36.1 Å². The van der Waals surface area contributed by atoms with E-state index in [2.05, 4.69) is 20.0 Å². The van der Waals surface area contributed by atoms with Crippen molar-refractivity contribution in [3.63, 3.8) is 0 Å². The van der Waals surface area contributed by atoms with Gasteiger partial charge in [0.1, 0.15) is 0 Å². The van der Waals surface area contributed by atoms with Crippen LogP contribution in [0.5, 0.6) is 0 Å². The number of hydrogen-bond donors (Lipinski definition) is 0. The van der Waals surface area contributed by atoms with Crippen LogP contribution in [0.1, 0.15) is 10.4 Å². The fourth-order valence-corrected chi connectivity index (χ4v) is 1.48. The topological polar surface area (TPSA) is 76.8 Å². The van der Waals surface area contributed by atoms with Crippen LogP contribution in [0.25, 0.3) is 11.1 Å². The summed E-state index contributed by atoms with van der Waals surface area (Å²) in [5.41, 5.74) is 2.80. The van der Waals surface area contributed by atoms with Gasteiger partial charge in [0.2, 0.25) is 0 Å². The van der Waals surface area contributed by atoms with Crippen LogP contribution in [0.15, 0.2) is 54.6 Å². The van der Waals surface area contributed by atoms with Gasteiger partial charge >= 0.3 is 33.9 Å². The second-order valence-electron chi connectivity index (χ2n) is 3.07. The molecule has 0 saturated carbocycles. The molecular formula is C16H10CrO4. The van der Waals surface area contributed by atoms with E-state index in [-0.39, 0.29) is 17.4 Å². The van der Waals surface area contributed by atoms with Gasteiger partial charge in [-0.05, 0) is 11.1 Å². The van der Waals surface area contributed by atoms with Gasteiger partial charge in [0, 0.05) is 22.9 Å². The van der Waals surface area contributed by atoms with E-state index < -0.39 is 0 Å². The van der Waals surface area contributed by atoms with Crippen LogP contribution in [0.3, 0.4) is 0 Å². The normalized spacial score (nSPS) is 6.76. The Morgan fingerprint density at radius 3 is 1.62 bits per heavy atom. The number of benzene rings is 2. The fourth-order valence-electron chi connectivity index (χ4n) is 1.48. The molecule has 0 amide bonds. The molecule has 2 aromatic rings. The minimum atomic E-state index is 0. The second kappa shape index (κ2) is 17.9. The number of carbonyl (C=O) groups is 1. The number of carbonyl (C=O) groups excluding carboxylic acids is 1. The standard InChI is InChI=1S/C13H10O.3CO.Cr/c14-10-12-8-4-5-9-13(12)11-6-2-1-3-7-11;3*1-2;/h1-10H;;;;. The van der Waals surface area contributed by atoms with Gasteiger partial charge in [0.25, 0.3) is 0 Å². The summed E-state index contributed by atoms with van der Waals surface area (Å²) in [6.45, 7) is 13.5. The molecule has 104 valence electrons. The van der Waals surface area contributed by atoms with E-state index in [9.17, 15) is 4.79 Å². The molecule has 2 aromatic carbocycles. The monoisotopic (exact) mass is 318 g/mol. The van der Waals surface area contributed by atoms with Gasteiger partial charge in [0.15, 0.2) is 6.29 Å². The van der Waals surface area contributed by atoms with Crippen LogP contribution in [-0.2, 0) is 31.3 Å². The Kier molecular flexibility index (Phi) is 20.3. The average molecular weight is 318 g/mol. The van der Waals surface area contributed by atoms with E-state index >= 15 is 0 Å². The minimum Gasteiger partial charge on any atom is 0 e. The fraction of sp³-hybridized carbons (Fsp3) is 0. The zero-order valence-electron chi connectivity index (χ0n) is 10.8. The maximum Gasteiger partial charge on any atom is 0 e. The molecule has 0 aliphatic carbocycles. The smallest absolute Gasteiger partial charge is 0 e. The third-order valence-electron chi connectivity index (χ3n) is 2.17. The first-order valence-electron chi connectivity index (χ1n) is 5.12. The summed E-state index contributed by atoms with van der Waals surface area (Å²) < 4.78 is 22.5. The Labute approximate surface area is 134 Å².